The van der Waals surface area contributed by atoms with Crippen molar-refractivity contribution < 1.29 is 24.9 Å². The van der Waals surface area contributed by atoms with Gasteiger partial charge in [0, 0.05) is 19.2 Å². The molecule has 0 bridgehead atoms. The third-order valence-corrected chi connectivity index (χ3v) is 4.36. The minimum atomic E-state index is -0.277. The van der Waals surface area contributed by atoms with E-state index in [1.807, 2.05) is 25.1 Å². The number of aryl methyl sites for hydroxylation is 1. The monoisotopic (exact) mass is 343 g/mol. The molecule has 25 heavy (non-hydrogen) atoms. The predicted octanol–water partition coefficient (Wildman–Crippen LogP) is 2.19. The molecule has 0 saturated carbocycles. The fraction of sp³-hybridized carbons (Fsp3) is 0.316. The van der Waals surface area contributed by atoms with Crippen LogP contribution in [0.5, 0.6) is 17.2 Å². The maximum Gasteiger partial charge on any atom is 0.258 e. The summed E-state index contributed by atoms with van der Waals surface area (Å²) in [6, 6.07) is 8.35. The molecule has 2 aromatic rings. The van der Waals surface area contributed by atoms with Crippen molar-refractivity contribution >= 4 is 5.91 Å². The lowest BCUT2D eigenvalue weighted by Gasteiger charge is -2.17. The van der Waals surface area contributed by atoms with Crippen LogP contribution < -0.4 is 4.74 Å². The average molecular weight is 343 g/mol. The van der Waals surface area contributed by atoms with Crippen molar-refractivity contribution in [2.75, 3.05) is 13.2 Å². The molecule has 6 heteroatoms. The lowest BCUT2D eigenvalue weighted by atomic mass is 10.1. The quantitative estimate of drug-likeness (QED) is 0.774. The van der Waals surface area contributed by atoms with E-state index in [4.69, 9.17) is 9.84 Å². The molecule has 6 nitrogen and oxygen atoms in total. The van der Waals surface area contributed by atoms with Crippen LogP contribution in [0.1, 0.15) is 34.0 Å². The summed E-state index contributed by atoms with van der Waals surface area (Å²) in [5.74, 6) is 0.152. The SMILES string of the molecule is CCc1cc(C(=O)N2Cc3ccc(OCCO)cc3C2)c(O)cc1O. The first-order chi connectivity index (χ1) is 12.0. The lowest BCUT2D eigenvalue weighted by Crippen LogP contribution is -2.25. The van der Waals surface area contributed by atoms with E-state index < -0.39 is 0 Å². The minimum Gasteiger partial charge on any atom is -0.508 e. The number of hydrogen-bond donors (Lipinski definition) is 3. The molecule has 0 aromatic heterocycles. The van der Waals surface area contributed by atoms with Crippen molar-refractivity contribution in [3.63, 3.8) is 0 Å². The van der Waals surface area contributed by atoms with Gasteiger partial charge in [-0.2, -0.15) is 0 Å². The van der Waals surface area contributed by atoms with Crippen LogP contribution in [0.2, 0.25) is 0 Å². The number of aliphatic hydroxyl groups excluding tert-OH is 1. The van der Waals surface area contributed by atoms with E-state index >= 15 is 0 Å². The van der Waals surface area contributed by atoms with Crippen molar-refractivity contribution in [1.82, 2.24) is 4.90 Å². The number of benzene rings is 2. The van der Waals surface area contributed by atoms with E-state index in [2.05, 4.69) is 0 Å². The Morgan fingerprint density at radius 1 is 1.12 bits per heavy atom. The summed E-state index contributed by atoms with van der Waals surface area (Å²) >= 11 is 0. The highest BCUT2D eigenvalue weighted by molar-refractivity contribution is 5.97. The van der Waals surface area contributed by atoms with E-state index in [9.17, 15) is 15.0 Å². The summed E-state index contributed by atoms with van der Waals surface area (Å²) in [6.45, 7) is 2.92. The molecule has 3 N–H and O–H groups in total. The van der Waals surface area contributed by atoms with E-state index in [-0.39, 0.29) is 36.2 Å². The first kappa shape index (κ1) is 17.1. The number of ether oxygens (including phenoxy) is 1. The molecule has 0 saturated heterocycles. The van der Waals surface area contributed by atoms with E-state index in [1.165, 1.54) is 6.07 Å². The van der Waals surface area contributed by atoms with Gasteiger partial charge in [-0.1, -0.05) is 13.0 Å². The second-order valence-electron chi connectivity index (χ2n) is 6.02. The molecule has 2 aromatic carbocycles. The Kier molecular flexibility index (Phi) is 4.81. The number of amides is 1. The summed E-state index contributed by atoms with van der Waals surface area (Å²) in [7, 11) is 0. The third-order valence-electron chi connectivity index (χ3n) is 4.36. The van der Waals surface area contributed by atoms with E-state index in [0.717, 1.165) is 11.1 Å². The molecule has 1 heterocycles. The van der Waals surface area contributed by atoms with Crippen molar-refractivity contribution in [1.29, 1.82) is 0 Å². The van der Waals surface area contributed by atoms with Gasteiger partial charge in [0.05, 0.1) is 12.2 Å². The summed E-state index contributed by atoms with van der Waals surface area (Å²) < 4.78 is 5.40. The number of nitrogens with zero attached hydrogens (tertiary/aromatic N) is 1. The van der Waals surface area contributed by atoms with E-state index in [0.29, 0.717) is 30.8 Å². The molecule has 1 aliphatic heterocycles. The first-order valence-corrected chi connectivity index (χ1v) is 8.23. The van der Waals surface area contributed by atoms with Gasteiger partial charge in [0.2, 0.25) is 0 Å². The largest absolute Gasteiger partial charge is 0.508 e. The predicted molar refractivity (Wildman–Crippen MR) is 91.7 cm³/mol. The maximum atomic E-state index is 12.8. The normalized spacial score (nSPS) is 13.0. The van der Waals surface area contributed by atoms with Crippen LogP contribution in [0.4, 0.5) is 0 Å². The number of aromatic hydroxyl groups is 2. The molecule has 0 radical (unpaired) electrons. The highest BCUT2D eigenvalue weighted by Gasteiger charge is 2.27. The van der Waals surface area contributed by atoms with Crippen molar-refractivity contribution in [2.45, 2.75) is 26.4 Å². The van der Waals surface area contributed by atoms with Gasteiger partial charge in [-0.05, 0) is 41.3 Å². The van der Waals surface area contributed by atoms with Gasteiger partial charge in [-0.15, -0.1) is 0 Å². The molecule has 132 valence electrons. The van der Waals surface area contributed by atoms with Gasteiger partial charge >= 0.3 is 0 Å². The summed E-state index contributed by atoms with van der Waals surface area (Å²) in [5.41, 5.74) is 2.83. The van der Waals surface area contributed by atoms with Gasteiger partial charge in [-0.25, -0.2) is 0 Å². The zero-order valence-corrected chi connectivity index (χ0v) is 14.0. The van der Waals surface area contributed by atoms with Gasteiger partial charge < -0.3 is 25.0 Å². The van der Waals surface area contributed by atoms with Gasteiger partial charge in [0.1, 0.15) is 23.9 Å². The molecule has 3 rings (SSSR count). The van der Waals surface area contributed by atoms with Crippen LogP contribution in [-0.4, -0.2) is 39.3 Å². The molecular weight excluding hydrogens is 322 g/mol. The summed E-state index contributed by atoms with van der Waals surface area (Å²) in [4.78, 5) is 14.4. The Morgan fingerprint density at radius 3 is 2.60 bits per heavy atom. The highest BCUT2D eigenvalue weighted by atomic mass is 16.5. The number of hydrogen-bond acceptors (Lipinski definition) is 5. The highest BCUT2D eigenvalue weighted by Crippen LogP contribution is 2.32. The van der Waals surface area contributed by atoms with Gasteiger partial charge in [0.25, 0.3) is 5.91 Å². The molecular formula is C19H21NO5. The average Bonchev–Trinajstić information content (AvgIpc) is 3.03. The number of rotatable bonds is 5. The third kappa shape index (κ3) is 3.39. The first-order valence-electron chi connectivity index (χ1n) is 8.23. The van der Waals surface area contributed by atoms with Crippen LogP contribution in [-0.2, 0) is 19.5 Å². The maximum absolute atomic E-state index is 12.8. The Hall–Kier alpha value is -2.73. The zero-order chi connectivity index (χ0) is 18.0. The van der Waals surface area contributed by atoms with Crippen molar-refractivity contribution in [2.24, 2.45) is 0 Å². The number of fused-ring (bicyclic) bond motifs is 1. The molecule has 0 aliphatic carbocycles. The Labute approximate surface area is 145 Å². The van der Waals surface area contributed by atoms with E-state index in [1.54, 1.807) is 11.0 Å². The van der Waals surface area contributed by atoms with Gasteiger partial charge in [-0.3, -0.25) is 4.79 Å². The Morgan fingerprint density at radius 2 is 1.88 bits per heavy atom. The number of phenols is 2. The number of phenolic OH excluding ortho intramolecular Hbond substituents is 2. The fourth-order valence-electron chi connectivity index (χ4n) is 3.01. The molecule has 0 unspecified atom stereocenters. The minimum absolute atomic E-state index is 0.00747. The molecule has 0 spiro atoms. The van der Waals surface area contributed by atoms with Crippen LogP contribution in [0.15, 0.2) is 30.3 Å². The molecule has 0 fully saturated rings. The second kappa shape index (κ2) is 7.03. The smallest absolute Gasteiger partial charge is 0.258 e. The summed E-state index contributed by atoms with van der Waals surface area (Å²) in [6.07, 6.45) is 0.568. The lowest BCUT2D eigenvalue weighted by molar-refractivity contribution is 0.0748. The number of carbonyl (C=O) groups excluding carboxylic acids is 1. The fourth-order valence-corrected chi connectivity index (χ4v) is 3.01. The molecule has 0 atom stereocenters. The van der Waals surface area contributed by atoms with Crippen LogP contribution in [0.25, 0.3) is 0 Å². The standard InChI is InChI=1S/C19H21NO5/c1-2-12-8-16(18(23)9-17(12)22)19(24)20-10-13-3-4-15(25-6-5-21)7-14(13)11-20/h3-4,7-9,21-23H,2,5-6,10-11H2,1H3. The van der Waals surface area contributed by atoms with Gasteiger partial charge in [0.15, 0.2) is 0 Å². The van der Waals surface area contributed by atoms with Crippen LogP contribution in [0, 0.1) is 0 Å². The zero-order valence-electron chi connectivity index (χ0n) is 14.0. The summed E-state index contributed by atoms with van der Waals surface area (Å²) in [5, 5.41) is 28.7. The topological polar surface area (TPSA) is 90.2 Å². The van der Waals surface area contributed by atoms with Crippen LogP contribution >= 0.6 is 0 Å². The molecule has 1 amide bonds. The Balaban J connectivity index is 1.81. The van der Waals surface area contributed by atoms with Crippen molar-refractivity contribution in [3.05, 3.63) is 52.6 Å². The number of carbonyl (C=O) groups is 1. The van der Waals surface area contributed by atoms with Crippen LogP contribution in [0.3, 0.4) is 0 Å². The second-order valence-corrected chi connectivity index (χ2v) is 6.02. The number of aliphatic hydroxyl groups is 1. The van der Waals surface area contributed by atoms with Crippen molar-refractivity contribution in [3.8, 4) is 17.2 Å². The Bertz CT molecular complexity index is 803. The molecule has 1 aliphatic rings.